The minimum absolute atomic E-state index is 0.0682. The lowest BCUT2D eigenvalue weighted by molar-refractivity contribution is -0.137. The van der Waals surface area contributed by atoms with E-state index in [0.29, 0.717) is 13.1 Å². The summed E-state index contributed by atoms with van der Waals surface area (Å²) in [5.41, 5.74) is -0.759. The second-order valence-corrected chi connectivity index (χ2v) is 4.68. The van der Waals surface area contributed by atoms with E-state index in [9.17, 15) is 22.8 Å². The van der Waals surface area contributed by atoms with Gasteiger partial charge < -0.3 is 15.5 Å². The summed E-state index contributed by atoms with van der Waals surface area (Å²) in [6, 6.07) is 3.81. The lowest BCUT2D eigenvalue weighted by Crippen LogP contribution is -2.40. The molecule has 8 heteroatoms. The maximum Gasteiger partial charge on any atom is 0.416 e. The zero-order chi connectivity index (χ0) is 16.8. The summed E-state index contributed by atoms with van der Waals surface area (Å²) in [6.07, 6.45) is -4.44. The molecular weight excluding hydrogens is 299 g/mol. The van der Waals surface area contributed by atoms with Crippen molar-refractivity contribution in [2.75, 3.05) is 33.7 Å². The fraction of sp³-hybridized carbons (Fsp3) is 0.429. The van der Waals surface area contributed by atoms with Gasteiger partial charge in [0.1, 0.15) is 0 Å². The molecule has 5 nitrogen and oxygen atoms in total. The average molecular weight is 317 g/mol. The minimum atomic E-state index is -4.44. The molecule has 122 valence electrons. The van der Waals surface area contributed by atoms with Gasteiger partial charge in [0.15, 0.2) is 0 Å². The first-order chi connectivity index (χ1) is 10.3. The van der Waals surface area contributed by atoms with Gasteiger partial charge in [0.05, 0.1) is 12.1 Å². The molecule has 0 atom stereocenters. The maximum absolute atomic E-state index is 12.4. The van der Waals surface area contributed by atoms with Crippen LogP contribution in [0.3, 0.4) is 0 Å². The van der Waals surface area contributed by atoms with Crippen LogP contribution in [0.25, 0.3) is 0 Å². The number of rotatable bonds is 6. The Hall–Kier alpha value is -2.09. The van der Waals surface area contributed by atoms with Crippen molar-refractivity contribution in [3.63, 3.8) is 0 Å². The van der Waals surface area contributed by atoms with Crippen molar-refractivity contribution in [2.45, 2.75) is 6.18 Å². The number of nitrogens with zero attached hydrogens (tertiary/aromatic N) is 1. The van der Waals surface area contributed by atoms with Gasteiger partial charge in [-0.1, -0.05) is 0 Å². The predicted octanol–water partition coefficient (Wildman–Crippen LogP) is 1.11. The van der Waals surface area contributed by atoms with Crippen LogP contribution in [0.4, 0.5) is 13.2 Å². The van der Waals surface area contributed by atoms with E-state index in [0.717, 1.165) is 24.3 Å². The van der Waals surface area contributed by atoms with Crippen molar-refractivity contribution < 1.29 is 22.8 Å². The number of likely N-dealkylation sites (N-methyl/N-ethyl adjacent to an activating group) is 2. The van der Waals surface area contributed by atoms with Crippen LogP contribution in [0.1, 0.15) is 15.9 Å². The Balaban J connectivity index is 2.54. The standard InChI is InChI=1S/C14H18F3N3O2/c1-18-7-8-20(2)12(21)9-19-13(22)10-3-5-11(6-4-10)14(15,16)17/h3-6,18H,7-9H2,1-2H3,(H,19,22). The molecule has 1 aromatic rings. The number of benzene rings is 1. The second-order valence-electron chi connectivity index (χ2n) is 4.68. The van der Waals surface area contributed by atoms with Crippen molar-refractivity contribution >= 4 is 11.8 Å². The molecule has 0 aliphatic rings. The molecule has 0 aliphatic heterocycles. The summed E-state index contributed by atoms with van der Waals surface area (Å²) in [6.45, 7) is 0.903. The first kappa shape index (κ1) is 18.0. The van der Waals surface area contributed by atoms with Gasteiger partial charge in [-0.05, 0) is 31.3 Å². The highest BCUT2D eigenvalue weighted by atomic mass is 19.4. The number of carbonyl (C=O) groups is 2. The van der Waals surface area contributed by atoms with Gasteiger partial charge in [-0.2, -0.15) is 13.2 Å². The van der Waals surface area contributed by atoms with E-state index >= 15 is 0 Å². The van der Waals surface area contributed by atoms with Crippen molar-refractivity contribution in [3.05, 3.63) is 35.4 Å². The quantitative estimate of drug-likeness (QED) is 0.826. The highest BCUT2D eigenvalue weighted by Gasteiger charge is 2.30. The largest absolute Gasteiger partial charge is 0.416 e. The third-order valence-corrected chi connectivity index (χ3v) is 3.00. The Morgan fingerprint density at radius 2 is 1.77 bits per heavy atom. The van der Waals surface area contributed by atoms with E-state index in [1.165, 1.54) is 4.90 Å². The fourth-order valence-corrected chi connectivity index (χ4v) is 1.61. The molecule has 0 heterocycles. The van der Waals surface area contributed by atoms with Gasteiger partial charge in [0.2, 0.25) is 5.91 Å². The number of carbonyl (C=O) groups excluding carboxylic acids is 2. The van der Waals surface area contributed by atoms with Gasteiger partial charge in [-0.15, -0.1) is 0 Å². The molecule has 0 aliphatic carbocycles. The van der Waals surface area contributed by atoms with Crippen LogP contribution in [0.2, 0.25) is 0 Å². The van der Waals surface area contributed by atoms with E-state index in [2.05, 4.69) is 10.6 Å². The van der Waals surface area contributed by atoms with Crippen LogP contribution in [0.15, 0.2) is 24.3 Å². The van der Waals surface area contributed by atoms with Crippen LogP contribution in [0.5, 0.6) is 0 Å². The van der Waals surface area contributed by atoms with Crippen molar-refractivity contribution in [1.82, 2.24) is 15.5 Å². The molecule has 1 aromatic carbocycles. The number of hydrogen-bond donors (Lipinski definition) is 2. The minimum Gasteiger partial charge on any atom is -0.343 e. The zero-order valence-corrected chi connectivity index (χ0v) is 12.3. The number of alkyl halides is 3. The smallest absolute Gasteiger partial charge is 0.343 e. The summed E-state index contributed by atoms with van der Waals surface area (Å²) in [5.74, 6) is -0.875. The maximum atomic E-state index is 12.4. The molecule has 0 spiro atoms. The number of halogens is 3. The Labute approximate surface area is 126 Å². The van der Waals surface area contributed by atoms with Crippen molar-refractivity contribution in [3.8, 4) is 0 Å². The summed E-state index contributed by atoms with van der Waals surface area (Å²) in [4.78, 5) is 24.9. The summed E-state index contributed by atoms with van der Waals surface area (Å²) in [5, 5.41) is 5.27. The summed E-state index contributed by atoms with van der Waals surface area (Å²) in [7, 11) is 3.36. The topological polar surface area (TPSA) is 61.4 Å². The molecule has 0 saturated carbocycles. The Bertz CT molecular complexity index is 515. The SMILES string of the molecule is CNCCN(C)C(=O)CNC(=O)c1ccc(C(F)(F)F)cc1. The fourth-order valence-electron chi connectivity index (χ4n) is 1.61. The average Bonchev–Trinajstić information content (AvgIpc) is 2.49. The number of amides is 2. The summed E-state index contributed by atoms with van der Waals surface area (Å²) >= 11 is 0. The molecular formula is C14H18F3N3O2. The van der Waals surface area contributed by atoms with Gasteiger partial charge in [-0.3, -0.25) is 9.59 Å². The van der Waals surface area contributed by atoms with Crippen molar-refractivity contribution in [1.29, 1.82) is 0 Å². The zero-order valence-electron chi connectivity index (χ0n) is 12.3. The lowest BCUT2D eigenvalue weighted by Gasteiger charge is -2.17. The van der Waals surface area contributed by atoms with Gasteiger partial charge in [0, 0.05) is 25.7 Å². The van der Waals surface area contributed by atoms with Crippen LogP contribution < -0.4 is 10.6 Å². The van der Waals surface area contributed by atoms with E-state index < -0.39 is 17.6 Å². The molecule has 1 rings (SSSR count). The molecule has 0 bridgehead atoms. The highest BCUT2D eigenvalue weighted by molar-refractivity contribution is 5.96. The van der Waals surface area contributed by atoms with E-state index in [1.807, 2.05) is 0 Å². The van der Waals surface area contributed by atoms with Gasteiger partial charge in [-0.25, -0.2) is 0 Å². The van der Waals surface area contributed by atoms with Crippen LogP contribution >= 0.6 is 0 Å². The van der Waals surface area contributed by atoms with E-state index in [1.54, 1.807) is 14.1 Å². The van der Waals surface area contributed by atoms with Crippen LogP contribution in [0, 0.1) is 0 Å². The van der Waals surface area contributed by atoms with Crippen LogP contribution in [-0.2, 0) is 11.0 Å². The Morgan fingerprint density at radius 3 is 2.27 bits per heavy atom. The van der Waals surface area contributed by atoms with Crippen molar-refractivity contribution in [2.24, 2.45) is 0 Å². The molecule has 0 fully saturated rings. The monoisotopic (exact) mass is 317 g/mol. The van der Waals surface area contributed by atoms with E-state index in [4.69, 9.17) is 0 Å². The first-order valence-electron chi connectivity index (χ1n) is 6.59. The van der Waals surface area contributed by atoms with Gasteiger partial charge >= 0.3 is 6.18 Å². The third kappa shape index (κ3) is 5.36. The normalized spacial score (nSPS) is 11.1. The molecule has 0 saturated heterocycles. The summed E-state index contributed by atoms with van der Waals surface area (Å²) < 4.78 is 37.2. The predicted molar refractivity (Wildman–Crippen MR) is 75.3 cm³/mol. The lowest BCUT2D eigenvalue weighted by atomic mass is 10.1. The molecule has 0 unspecified atom stereocenters. The molecule has 2 amide bonds. The number of hydrogen-bond acceptors (Lipinski definition) is 3. The van der Waals surface area contributed by atoms with Gasteiger partial charge in [0.25, 0.3) is 5.91 Å². The van der Waals surface area contributed by atoms with Crippen LogP contribution in [-0.4, -0.2) is 50.4 Å². The van der Waals surface area contributed by atoms with E-state index in [-0.39, 0.29) is 18.0 Å². The Kier molecular flexibility index (Phi) is 6.36. The second kappa shape index (κ2) is 7.79. The Morgan fingerprint density at radius 1 is 1.18 bits per heavy atom. The molecule has 0 radical (unpaired) electrons. The molecule has 0 aromatic heterocycles. The third-order valence-electron chi connectivity index (χ3n) is 3.00. The molecule has 22 heavy (non-hydrogen) atoms. The first-order valence-corrected chi connectivity index (χ1v) is 6.59. The molecule has 2 N–H and O–H groups in total. The number of nitrogens with one attached hydrogen (secondary N) is 2. The highest BCUT2D eigenvalue weighted by Crippen LogP contribution is 2.28.